The normalized spacial score (nSPS) is 15.2. The number of furan rings is 1. The van der Waals surface area contributed by atoms with Crippen LogP contribution in [0.5, 0.6) is 5.75 Å². The van der Waals surface area contributed by atoms with E-state index in [1.165, 1.54) is 12.7 Å². The summed E-state index contributed by atoms with van der Waals surface area (Å²) in [6.45, 7) is 0.311. The van der Waals surface area contributed by atoms with Gasteiger partial charge < -0.3 is 19.4 Å². The third kappa shape index (κ3) is 5.22. The molecule has 6 nitrogen and oxygen atoms in total. The number of ether oxygens (including phenoxy) is 1. The third-order valence-corrected chi connectivity index (χ3v) is 6.70. The highest BCUT2D eigenvalue weighted by Gasteiger charge is 2.34. The lowest BCUT2D eigenvalue weighted by molar-refractivity contribution is -0.127. The molecule has 1 saturated carbocycles. The van der Waals surface area contributed by atoms with Crippen molar-refractivity contribution in [1.29, 1.82) is 0 Å². The van der Waals surface area contributed by atoms with Crippen LogP contribution in [0.25, 0.3) is 0 Å². The van der Waals surface area contributed by atoms with Crippen molar-refractivity contribution in [1.82, 2.24) is 10.2 Å². The van der Waals surface area contributed by atoms with Crippen LogP contribution in [-0.2, 0) is 11.3 Å². The number of methoxy groups -OCH3 is 1. The number of thiophene rings is 1. The van der Waals surface area contributed by atoms with E-state index < -0.39 is 6.04 Å². The Bertz CT molecular complexity index is 993. The maximum Gasteiger partial charge on any atom is 0.290 e. The van der Waals surface area contributed by atoms with E-state index >= 15 is 0 Å². The molecule has 3 aromatic rings. The van der Waals surface area contributed by atoms with Crippen LogP contribution < -0.4 is 10.1 Å². The third-order valence-electron chi connectivity index (χ3n) is 5.84. The second kappa shape index (κ2) is 10.5. The smallest absolute Gasteiger partial charge is 0.290 e. The molecule has 1 unspecified atom stereocenters. The van der Waals surface area contributed by atoms with E-state index in [2.05, 4.69) is 5.32 Å². The van der Waals surface area contributed by atoms with Crippen LogP contribution in [0.2, 0.25) is 0 Å². The highest BCUT2D eigenvalue weighted by molar-refractivity contribution is 7.09. The van der Waals surface area contributed by atoms with Crippen LogP contribution in [-0.4, -0.2) is 29.9 Å². The lowest BCUT2D eigenvalue weighted by Gasteiger charge is -2.32. The summed E-state index contributed by atoms with van der Waals surface area (Å²) in [5.74, 6) is 0.425. The largest absolute Gasteiger partial charge is 0.497 e. The lowest BCUT2D eigenvalue weighted by atomic mass is 9.94. The second-order valence-corrected chi connectivity index (χ2v) is 9.04. The molecule has 7 heteroatoms. The summed E-state index contributed by atoms with van der Waals surface area (Å²) in [6.07, 6.45) is 6.85. The van der Waals surface area contributed by atoms with E-state index in [0.29, 0.717) is 12.3 Å². The Kier molecular flexibility index (Phi) is 7.27. The van der Waals surface area contributed by atoms with Gasteiger partial charge in [0, 0.05) is 10.9 Å². The summed E-state index contributed by atoms with van der Waals surface area (Å²) < 4.78 is 10.7. The standard InChI is InChI=1S/C25H28N2O4S/c1-30-20-13-11-18(12-14-20)23(24(28)26-19-7-3-2-4-8-19)27(17-21-9-6-16-32-21)25(29)22-10-5-15-31-22/h5-6,9-16,19,23H,2-4,7-8,17H2,1H3,(H,26,28). The van der Waals surface area contributed by atoms with Gasteiger partial charge in [-0.3, -0.25) is 9.59 Å². The van der Waals surface area contributed by atoms with Crippen molar-refractivity contribution in [3.63, 3.8) is 0 Å². The molecule has 2 amide bonds. The molecule has 4 rings (SSSR count). The minimum atomic E-state index is -0.789. The summed E-state index contributed by atoms with van der Waals surface area (Å²) in [5, 5.41) is 5.18. The SMILES string of the molecule is COc1ccc(C(C(=O)NC2CCCCC2)N(Cc2cccs2)C(=O)c2ccco2)cc1. The van der Waals surface area contributed by atoms with E-state index in [0.717, 1.165) is 36.1 Å². The Morgan fingerprint density at radius 3 is 2.53 bits per heavy atom. The molecule has 1 N–H and O–H groups in total. The van der Waals surface area contributed by atoms with Crippen LogP contribution >= 0.6 is 11.3 Å². The first-order chi connectivity index (χ1) is 15.7. The highest BCUT2D eigenvalue weighted by Crippen LogP contribution is 2.29. The van der Waals surface area contributed by atoms with Crippen molar-refractivity contribution < 1.29 is 18.7 Å². The van der Waals surface area contributed by atoms with Crippen molar-refractivity contribution in [2.75, 3.05) is 7.11 Å². The molecule has 2 heterocycles. The Morgan fingerprint density at radius 2 is 1.91 bits per heavy atom. The van der Waals surface area contributed by atoms with Crippen LogP contribution in [0, 0.1) is 0 Å². The van der Waals surface area contributed by atoms with Gasteiger partial charge in [0.05, 0.1) is 19.9 Å². The maximum atomic E-state index is 13.6. The molecule has 1 aliphatic rings. The Hall–Kier alpha value is -3.06. The molecule has 0 aliphatic heterocycles. The average molecular weight is 453 g/mol. The van der Waals surface area contributed by atoms with Crippen molar-refractivity contribution in [3.8, 4) is 5.75 Å². The van der Waals surface area contributed by atoms with Crippen LogP contribution in [0.3, 0.4) is 0 Å². The number of carbonyl (C=O) groups excluding carboxylic acids is 2. The van der Waals surface area contributed by atoms with E-state index in [-0.39, 0.29) is 23.6 Å². The van der Waals surface area contributed by atoms with E-state index in [9.17, 15) is 9.59 Å². The molecule has 1 aliphatic carbocycles. The molecule has 0 saturated heterocycles. The molecule has 32 heavy (non-hydrogen) atoms. The monoisotopic (exact) mass is 452 g/mol. The number of nitrogens with zero attached hydrogens (tertiary/aromatic N) is 1. The number of benzene rings is 1. The van der Waals surface area contributed by atoms with Crippen LogP contribution in [0.1, 0.15) is 59.1 Å². The topological polar surface area (TPSA) is 71.8 Å². The first-order valence-corrected chi connectivity index (χ1v) is 11.8. The lowest BCUT2D eigenvalue weighted by Crippen LogP contribution is -2.46. The molecule has 1 fully saturated rings. The van der Waals surface area contributed by atoms with Crippen LogP contribution in [0.15, 0.2) is 64.6 Å². The quantitative estimate of drug-likeness (QED) is 0.511. The minimum Gasteiger partial charge on any atom is -0.497 e. The number of rotatable bonds is 8. The zero-order valence-corrected chi connectivity index (χ0v) is 19.0. The van der Waals surface area contributed by atoms with Gasteiger partial charge in [-0.2, -0.15) is 0 Å². The first kappa shape index (κ1) is 22.1. The maximum absolute atomic E-state index is 13.6. The molecular formula is C25H28N2O4S. The van der Waals surface area contributed by atoms with Gasteiger partial charge >= 0.3 is 0 Å². The number of carbonyl (C=O) groups is 2. The highest BCUT2D eigenvalue weighted by atomic mass is 32.1. The Balaban J connectivity index is 1.70. The van der Waals surface area contributed by atoms with E-state index in [4.69, 9.17) is 9.15 Å². The predicted octanol–water partition coefficient (Wildman–Crippen LogP) is 5.18. The van der Waals surface area contributed by atoms with Gasteiger partial charge in [0.25, 0.3) is 5.91 Å². The van der Waals surface area contributed by atoms with Gasteiger partial charge in [-0.15, -0.1) is 11.3 Å². The van der Waals surface area contributed by atoms with Gasteiger partial charge in [-0.1, -0.05) is 37.5 Å². The summed E-state index contributed by atoms with van der Waals surface area (Å²) in [6, 6.07) is 13.9. The predicted molar refractivity (Wildman–Crippen MR) is 124 cm³/mol. The first-order valence-electron chi connectivity index (χ1n) is 11.0. The van der Waals surface area contributed by atoms with Crippen LogP contribution in [0.4, 0.5) is 0 Å². The Morgan fingerprint density at radius 1 is 1.12 bits per heavy atom. The van der Waals surface area contributed by atoms with Crippen molar-refractivity contribution in [3.05, 3.63) is 76.4 Å². The summed E-state index contributed by atoms with van der Waals surface area (Å²) >= 11 is 1.56. The zero-order chi connectivity index (χ0) is 22.3. The average Bonchev–Trinajstić information content (AvgIpc) is 3.54. The number of amides is 2. The fraction of sp³-hybridized carbons (Fsp3) is 0.360. The molecule has 0 radical (unpaired) electrons. The zero-order valence-electron chi connectivity index (χ0n) is 18.2. The summed E-state index contributed by atoms with van der Waals surface area (Å²) in [5.41, 5.74) is 0.732. The Labute approximate surface area is 192 Å². The molecule has 1 aromatic carbocycles. The molecule has 2 aromatic heterocycles. The second-order valence-electron chi connectivity index (χ2n) is 8.01. The molecule has 1 atom stereocenters. The van der Waals surface area contributed by atoms with Crippen molar-refractivity contribution in [2.45, 2.75) is 50.7 Å². The van der Waals surface area contributed by atoms with Crippen molar-refractivity contribution >= 4 is 23.2 Å². The van der Waals surface area contributed by atoms with Gasteiger partial charge in [0.2, 0.25) is 5.91 Å². The molecule has 0 bridgehead atoms. The minimum absolute atomic E-state index is 0.138. The van der Waals surface area contributed by atoms with Crippen molar-refractivity contribution in [2.24, 2.45) is 0 Å². The fourth-order valence-corrected chi connectivity index (χ4v) is 4.88. The molecule has 0 spiro atoms. The van der Waals surface area contributed by atoms with Gasteiger partial charge in [0.1, 0.15) is 11.8 Å². The van der Waals surface area contributed by atoms with Gasteiger partial charge in [-0.25, -0.2) is 0 Å². The van der Waals surface area contributed by atoms with Gasteiger partial charge in [0.15, 0.2) is 5.76 Å². The number of hydrogen-bond donors (Lipinski definition) is 1. The summed E-state index contributed by atoms with van der Waals surface area (Å²) in [4.78, 5) is 29.7. The molecule has 168 valence electrons. The van der Waals surface area contributed by atoms with E-state index in [1.807, 2.05) is 41.8 Å². The summed E-state index contributed by atoms with van der Waals surface area (Å²) in [7, 11) is 1.60. The number of nitrogens with one attached hydrogen (secondary N) is 1. The number of hydrogen-bond acceptors (Lipinski definition) is 5. The van der Waals surface area contributed by atoms with Gasteiger partial charge in [-0.05, 0) is 54.1 Å². The fourth-order valence-electron chi connectivity index (χ4n) is 4.18. The van der Waals surface area contributed by atoms with E-state index in [1.54, 1.807) is 35.5 Å². The molecular weight excluding hydrogens is 424 g/mol.